The molecule has 0 aliphatic rings. The van der Waals surface area contributed by atoms with Gasteiger partial charge in [-0.2, -0.15) is 0 Å². The number of para-hydroxylation sites is 1. The van der Waals surface area contributed by atoms with Gasteiger partial charge in [-0.05, 0) is 38.5 Å². The number of benzene rings is 1. The average Bonchev–Trinajstić information content (AvgIpc) is 2.28. The summed E-state index contributed by atoms with van der Waals surface area (Å²) in [6.45, 7) is 5.93. The summed E-state index contributed by atoms with van der Waals surface area (Å²) in [6, 6.07) is 7.24. The Hall–Kier alpha value is -1.99. The number of hydrogen-bond acceptors (Lipinski definition) is 3. The molecule has 0 amide bonds. The van der Waals surface area contributed by atoms with Crippen LogP contribution in [0.2, 0.25) is 0 Å². The largest absolute Gasteiger partial charge is 0.513 e. The number of carbonyl (C=O) groups is 1. The molecular formula is C14H16O3. The van der Waals surface area contributed by atoms with E-state index < -0.39 is 6.16 Å². The number of rotatable bonds is 3. The van der Waals surface area contributed by atoms with Crippen molar-refractivity contribution >= 4 is 12.2 Å². The van der Waals surface area contributed by atoms with Gasteiger partial charge in [-0.3, -0.25) is 0 Å². The van der Waals surface area contributed by atoms with Crippen LogP contribution < -0.4 is 4.74 Å². The fourth-order valence-electron chi connectivity index (χ4n) is 1.15. The van der Waals surface area contributed by atoms with Crippen LogP contribution in [-0.4, -0.2) is 12.8 Å². The molecule has 0 heterocycles. The zero-order chi connectivity index (χ0) is 12.7. The molecule has 0 bridgehead atoms. The lowest BCUT2D eigenvalue weighted by Gasteiger charge is -2.06. The summed E-state index contributed by atoms with van der Waals surface area (Å²) >= 11 is 0. The molecule has 1 aromatic carbocycles. The second-order valence-electron chi connectivity index (χ2n) is 3.61. The third-order valence-corrected chi connectivity index (χ3v) is 1.89. The fraction of sp³-hybridized carbons (Fsp3) is 0.286. The standard InChI is InChI=1S/C14H16O3/c1-4-16-14(15)17-13-8-6-5-7-12(13)10-9-11(2)3/h5-8,10H,4H2,1-3H3. The molecule has 0 unspecified atom stereocenters. The molecule has 0 N–H and O–H groups in total. The number of ether oxygens (including phenoxy) is 2. The van der Waals surface area contributed by atoms with Gasteiger partial charge in [-0.1, -0.05) is 18.2 Å². The smallest absolute Gasteiger partial charge is 0.434 e. The lowest BCUT2D eigenvalue weighted by molar-refractivity contribution is 0.104. The maximum Gasteiger partial charge on any atom is 0.513 e. The van der Waals surface area contributed by atoms with Crippen LogP contribution in [0, 0.1) is 0 Å². The first-order valence-corrected chi connectivity index (χ1v) is 5.47. The SMILES string of the molecule is CCOC(=O)Oc1ccccc1C=C=C(C)C. The summed E-state index contributed by atoms with van der Waals surface area (Å²) < 4.78 is 9.80. The molecule has 0 fully saturated rings. The van der Waals surface area contributed by atoms with Crippen LogP contribution in [0.15, 0.2) is 35.6 Å². The molecule has 0 aliphatic heterocycles. The summed E-state index contributed by atoms with van der Waals surface area (Å²) in [5, 5.41) is 0. The van der Waals surface area contributed by atoms with E-state index in [0.29, 0.717) is 12.4 Å². The van der Waals surface area contributed by atoms with E-state index in [2.05, 4.69) is 5.73 Å². The van der Waals surface area contributed by atoms with Gasteiger partial charge in [0.1, 0.15) is 5.75 Å². The zero-order valence-corrected chi connectivity index (χ0v) is 10.3. The molecule has 0 aliphatic carbocycles. The van der Waals surface area contributed by atoms with Crippen molar-refractivity contribution in [1.29, 1.82) is 0 Å². The third-order valence-electron chi connectivity index (χ3n) is 1.89. The number of allylic oxidation sites excluding steroid dienone is 1. The Balaban J connectivity index is 2.92. The average molecular weight is 232 g/mol. The summed E-state index contributed by atoms with van der Waals surface area (Å²) in [6.07, 6.45) is 1.09. The van der Waals surface area contributed by atoms with Gasteiger partial charge in [0, 0.05) is 5.56 Å². The van der Waals surface area contributed by atoms with Crippen LogP contribution >= 0.6 is 0 Å². The molecular weight excluding hydrogens is 216 g/mol. The normalized spacial score (nSPS) is 9.12. The fourth-order valence-corrected chi connectivity index (χ4v) is 1.15. The molecule has 0 saturated carbocycles. The summed E-state index contributed by atoms with van der Waals surface area (Å²) in [5.41, 5.74) is 4.91. The van der Waals surface area contributed by atoms with Crippen molar-refractivity contribution in [3.8, 4) is 5.75 Å². The Bertz CT molecular complexity index is 450. The second kappa shape index (κ2) is 6.56. The van der Waals surface area contributed by atoms with E-state index >= 15 is 0 Å². The van der Waals surface area contributed by atoms with Crippen molar-refractivity contribution in [3.05, 3.63) is 41.1 Å². The molecule has 3 heteroatoms. The first-order valence-electron chi connectivity index (χ1n) is 5.47. The molecule has 0 atom stereocenters. The zero-order valence-electron chi connectivity index (χ0n) is 10.3. The van der Waals surface area contributed by atoms with Gasteiger partial charge in [-0.15, -0.1) is 5.73 Å². The Morgan fingerprint density at radius 2 is 2.06 bits per heavy atom. The third kappa shape index (κ3) is 4.58. The summed E-state index contributed by atoms with van der Waals surface area (Å²) in [7, 11) is 0. The van der Waals surface area contributed by atoms with Crippen LogP contribution in [0.4, 0.5) is 4.79 Å². The Morgan fingerprint density at radius 3 is 2.71 bits per heavy atom. The number of carbonyl (C=O) groups excluding carboxylic acids is 1. The van der Waals surface area contributed by atoms with Crippen molar-refractivity contribution < 1.29 is 14.3 Å². The van der Waals surface area contributed by atoms with Gasteiger partial charge >= 0.3 is 6.16 Å². The van der Waals surface area contributed by atoms with E-state index in [1.54, 1.807) is 25.1 Å². The van der Waals surface area contributed by atoms with Crippen LogP contribution in [0.1, 0.15) is 26.3 Å². The van der Waals surface area contributed by atoms with Crippen molar-refractivity contribution in [1.82, 2.24) is 0 Å². The molecule has 1 rings (SSSR count). The van der Waals surface area contributed by atoms with Crippen molar-refractivity contribution in [3.63, 3.8) is 0 Å². The molecule has 1 aromatic rings. The van der Waals surface area contributed by atoms with E-state index in [9.17, 15) is 4.79 Å². The molecule has 90 valence electrons. The highest BCUT2D eigenvalue weighted by Crippen LogP contribution is 2.19. The Labute approximate surface area is 101 Å². The van der Waals surface area contributed by atoms with E-state index in [1.807, 2.05) is 26.0 Å². The lowest BCUT2D eigenvalue weighted by atomic mass is 10.2. The highest BCUT2D eigenvalue weighted by molar-refractivity contribution is 5.67. The highest BCUT2D eigenvalue weighted by atomic mass is 16.7. The Kier molecular flexibility index (Phi) is 5.05. The minimum atomic E-state index is -0.689. The topological polar surface area (TPSA) is 35.5 Å². The second-order valence-corrected chi connectivity index (χ2v) is 3.61. The van der Waals surface area contributed by atoms with Gasteiger partial charge < -0.3 is 9.47 Å². The van der Waals surface area contributed by atoms with Crippen LogP contribution in [0.3, 0.4) is 0 Å². The first-order chi connectivity index (χ1) is 8.13. The quantitative estimate of drug-likeness (QED) is 0.451. The van der Waals surface area contributed by atoms with Gasteiger partial charge in [-0.25, -0.2) is 4.79 Å². The minimum absolute atomic E-state index is 0.296. The van der Waals surface area contributed by atoms with Gasteiger partial charge in [0.15, 0.2) is 0 Å². The van der Waals surface area contributed by atoms with Crippen LogP contribution in [-0.2, 0) is 4.74 Å². The van der Waals surface area contributed by atoms with Crippen molar-refractivity contribution in [2.24, 2.45) is 0 Å². The van der Waals surface area contributed by atoms with Crippen LogP contribution in [0.5, 0.6) is 5.75 Å². The van der Waals surface area contributed by atoms with Gasteiger partial charge in [0.25, 0.3) is 0 Å². The lowest BCUT2D eigenvalue weighted by Crippen LogP contribution is -2.10. The van der Waals surface area contributed by atoms with Crippen molar-refractivity contribution in [2.75, 3.05) is 6.61 Å². The maximum absolute atomic E-state index is 11.2. The van der Waals surface area contributed by atoms with Gasteiger partial charge in [0.05, 0.1) is 6.61 Å². The Morgan fingerprint density at radius 1 is 1.35 bits per heavy atom. The van der Waals surface area contributed by atoms with Crippen LogP contribution in [0.25, 0.3) is 6.08 Å². The molecule has 0 radical (unpaired) electrons. The molecule has 0 saturated heterocycles. The first kappa shape index (κ1) is 13.1. The van der Waals surface area contributed by atoms with E-state index in [-0.39, 0.29) is 0 Å². The molecule has 0 spiro atoms. The predicted molar refractivity (Wildman–Crippen MR) is 66.9 cm³/mol. The maximum atomic E-state index is 11.2. The molecule has 3 nitrogen and oxygen atoms in total. The van der Waals surface area contributed by atoms with E-state index in [4.69, 9.17) is 9.47 Å². The monoisotopic (exact) mass is 232 g/mol. The predicted octanol–water partition coefficient (Wildman–Crippen LogP) is 3.80. The van der Waals surface area contributed by atoms with Gasteiger partial charge in [0.2, 0.25) is 0 Å². The van der Waals surface area contributed by atoms with E-state index in [1.165, 1.54) is 0 Å². The van der Waals surface area contributed by atoms with E-state index in [0.717, 1.165) is 11.1 Å². The number of hydrogen-bond donors (Lipinski definition) is 0. The molecule has 17 heavy (non-hydrogen) atoms. The summed E-state index contributed by atoms with van der Waals surface area (Å²) in [5.74, 6) is 0.472. The minimum Gasteiger partial charge on any atom is -0.434 e. The summed E-state index contributed by atoms with van der Waals surface area (Å²) in [4.78, 5) is 11.2. The van der Waals surface area contributed by atoms with Crippen molar-refractivity contribution in [2.45, 2.75) is 20.8 Å². The molecule has 0 aromatic heterocycles. The highest BCUT2D eigenvalue weighted by Gasteiger charge is 2.07.